The molecule has 1 aromatic heterocycles. The molecule has 0 spiro atoms. The molecule has 0 atom stereocenters. The lowest BCUT2D eigenvalue weighted by Gasteiger charge is -2.04. The molecule has 82 valence electrons. The second kappa shape index (κ2) is 4.27. The maximum atomic E-state index is 13.4. The van der Waals surface area contributed by atoms with E-state index in [-0.39, 0.29) is 15.5 Å². The van der Waals surface area contributed by atoms with Gasteiger partial charge in [-0.1, -0.05) is 11.6 Å². The molecule has 0 radical (unpaired) electrons. The minimum atomic E-state index is -0.573. The molecular weight excluding hydrogens is 254 g/mol. The summed E-state index contributed by atoms with van der Waals surface area (Å²) in [5.41, 5.74) is 0.555. The molecular formula is C10H5ClF2N2S. The standard InChI is InChI=1S/C10H5ClF2N2S/c11-6-3-5(1-2-7(6)12)9-8(13)4-14-10(16)15-9/h1-4H,(H,14,15,16). The van der Waals surface area contributed by atoms with Crippen LogP contribution in [0.3, 0.4) is 0 Å². The number of benzene rings is 1. The zero-order chi connectivity index (χ0) is 11.7. The predicted octanol–water partition coefficient (Wildman–Crippen LogP) is 3.74. The van der Waals surface area contributed by atoms with Gasteiger partial charge in [0, 0.05) is 5.56 Å². The van der Waals surface area contributed by atoms with Crippen molar-refractivity contribution < 1.29 is 8.78 Å². The zero-order valence-corrected chi connectivity index (χ0v) is 9.37. The number of halogens is 3. The van der Waals surface area contributed by atoms with Gasteiger partial charge in [0.2, 0.25) is 0 Å². The van der Waals surface area contributed by atoms with Gasteiger partial charge in [0.1, 0.15) is 5.82 Å². The minimum Gasteiger partial charge on any atom is -0.328 e. The molecule has 0 unspecified atom stereocenters. The third kappa shape index (κ3) is 2.10. The quantitative estimate of drug-likeness (QED) is 0.790. The Morgan fingerprint density at radius 1 is 1.25 bits per heavy atom. The van der Waals surface area contributed by atoms with Crippen LogP contribution in [0, 0.1) is 16.4 Å². The van der Waals surface area contributed by atoms with Crippen molar-refractivity contribution in [3.8, 4) is 11.3 Å². The van der Waals surface area contributed by atoms with Crippen molar-refractivity contribution in [2.24, 2.45) is 0 Å². The molecule has 0 fully saturated rings. The summed E-state index contributed by atoms with van der Waals surface area (Å²) < 4.78 is 26.5. The second-order valence-electron chi connectivity index (χ2n) is 3.04. The van der Waals surface area contributed by atoms with Crippen LogP contribution >= 0.6 is 23.8 Å². The van der Waals surface area contributed by atoms with Crippen LogP contribution < -0.4 is 0 Å². The summed E-state index contributed by atoms with van der Waals surface area (Å²) in [4.78, 5) is 6.17. The molecule has 2 nitrogen and oxygen atoms in total. The van der Waals surface area contributed by atoms with E-state index in [9.17, 15) is 8.78 Å². The average molecular weight is 259 g/mol. The van der Waals surface area contributed by atoms with Crippen molar-refractivity contribution >= 4 is 23.8 Å². The van der Waals surface area contributed by atoms with Gasteiger partial charge in [0.05, 0.1) is 16.9 Å². The average Bonchev–Trinajstić information content (AvgIpc) is 2.26. The van der Waals surface area contributed by atoms with Crippen LogP contribution in [-0.4, -0.2) is 9.97 Å². The number of nitrogens with zero attached hydrogens (tertiary/aromatic N) is 1. The summed E-state index contributed by atoms with van der Waals surface area (Å²) in [5, 5.41) is -0.0759. The minimum absolute atomic E-state index is 0.0759. The number of aromatic amines is 1. The third-order valence-electron chi connectivity index (χ3n) is 1.97. The summed E-state index contributed by atoms with van der Waals surface area (Å²) >= 11 is 10.4. The number of rotatable bonds is 1. The van der Waals surface area contributed by atoms with Crippen molar-refractivity contribution in [1.82, 2.24) is 9.97 Å². The smallest absolute Gasteiger partial charge is 0.197 e. The molecule has 0 saturated heterocycles. The first-order valence-electron chi connectivity index (χ1n) is 4.28. The molecule has 1 heterocycles. The van der Waals surface area contributed by atoms with E-state index in [4.69, 9.17) is 23.8 Å². The molecule has 2 aromatic rings. The lowest BCUT2D eigenvalue weighted by molar-refractivity contribution is 0.616. The van der Waals surface area contributed by atoms with Gasteiger partial charge in [-0.2, -0.15) is 0 Å². The molecule has 0 aliphatic carbocycles. The highest BCUT2D eigenvalue weighted by Gasteiger charge is 2.08. The predicted molar refractivity (Wildman–Crippen MR) is 59.8 cm³/mol. The summed E-state index contributed by atoms with van der Waals surface area (Å²) in [6, 6.07) is 3.89. The van der Waals surface area contributed by atoms with E-state index in [1.807, 2.05) is 0 Å². The van der Waals surface area contributed by atoms with Crippen molar-refractivity contribution in [2.45, 2.75) is 0 Å². The van der Waals surface area contributed by atoms with Crippen molar-refractivity contribution in [2.75, 3.05) is 0 Å². The fraction of sp³-hybridized carbons (Fsp3) is 0. The van der Waals surface area contributed by atoms with Crippen LogP contribution in [0.5, 0.6) is 0 Å². The Bertz CT molecular complexity index is 598. The normalized spacial score (nSPS) is 10.4. The molecule has 16 heavy (non-hydrogen) atoms. The first kappa shape index (κ1) is 11.2. The van der Waals surface area contributed by atoms with Crippen molar-refractivity contribution in [1.29, 1.82) is 0 Å². The van der Waals surface area contributed by atoms with Crippen molar-refractivity contribution in [3.63, 3.8) is 0 Å². The van der Waals surface area contributed by atoms with Crippen LogP contribution in [0.1, 0.15) is 0 Å². The van der Waals surface area contributed by atoms with Gasteiger partial charge in [-0.05, 0) is 30.4 Å². The SMILES string of the molecule is Fc1ccc(-c2[nH]c(=S)ncc2F)cc1Cl. The first-order valence-corrected chi connectivity index (χ1v) is 5.07. The molecule has 1 aromatic carbocycles. The molecule has 1 N–H and O–H groups in total. The molecule has 2 rings (SSSR count). The van der Waals surface area contributed by atoms with E-state index in [0.717, 1.165) is 12.3 Å². The van der Waals surface area contributed by atoms with Gasteiger partial charge in [-0.15, -0.1) is 0 Å². The molecule has 6 heteroatoms. The second-order valence-corrected chi connectivity index (χ2v) is 3.83. The van der Waals surface area contributed by atoms with E-state index >= 15 is 0 Å². The van der Waals surface area contributed by atoms with E-state index in [2.05, 4.69) is 9.97 Å². The summed E-state index contributed by atoms with van der Waals surface area (Å²) in [6.07, 6.45) is 1.01. The van der Waals surface area contributed by atoms with Crippen molar-refractivity contribution in [3.05, 3.63) is 45.8 Å². The molecule has 0 aliphatic heterocycles. The van der Waals surface area contributed by atoms with E-state index in [1.54, 1.807) is 0 Å². The largest absolute Gasteiger partial charge is 0.328 e. The Hall–Kier alpha value is -1.33. The van der Waals surface area contributed by atoms with Crippen LogP contribution in [0.25, 0.3) is 11.3 Å². The van der Waals surface area contributed by atoms with E-state index in [1.165, 1.54) is 12.1 Å². The highest BCUT2D eigenvalue weighted by molar-refractivity contribution is 7.71. The van der Waals surface area contributed by atoms with Gasteiger partial charge < -0.3 is 4.98 Å². The lowest BCUT2D eigenvalue weighted by Crippen LogP contribution is -1.92. The number of hydrogen-bond donors (Lipinski definition) is 1. The molecule has 0 bridgehead atoms. The highest BCUT2D eigenvalue weighted by atomic mass is 35.5. The number of H-pyrrole nitrogens is 1. The Morgan fingerprint density at radius 2 is 2.00 bits per heavy atom. The lowest BCUT2D eigenvalue weighted by atomic mass is 10.1. The fourth-order valence-electron chi connectivity index (χ4n) is 1.24. The van der Waals surface area contributed by atoms with Crippen LogP contribution in [-0.2, 0) is 0 Å². The van der Waals surface area contributed by atoms with E-state index < -0.39 is 11.6 Å². The Balaban J connectivity index is 2.62. The Kier molecular flexibility index (Phi) is 2.98. The van der Waals surface area contributed by atoms with Gasteiger partial charge in [-0.3, -0.25) is 0 Å². The topological polar surface area (TPSA) is 28.7 Å². The van der Waals surface area contributed by atoms with Gasteiger partial charge in [-0.25, -0.2) is 13.8 Å². The Morgan fingerprint density at radius 3 is 2.69 bits per heavy atom. The summed E-state index contributed by atoms with van der Waals surface area (Å²) in [6.45, 7) is 0. The molecule has 0 aliphatic rings. The summed E-state index contributed by atoms with van der Waals surface area (Å²) in [5.74, 6) is -1.13. The van der Waals surface area contributed by atoms with Crippen LogP contribution in [0.15, 0.2) is 24.4 Å². The number of nitrogens with one attached hydrogen (secondary N) is 1. The molecule has 0 amide bonds. The number of hydrogen-bond acceptors (Lipinski definition) is 2. The maximum absolute atomic E-state index is 13.4. The Labute approximate surface area is 99.9 Å². The first-order chi connectivity index (χ1) is 7.58. The zero-order valence-electron chi connectivity index (χ0n) is 7.80. The van der Waals surface area contributed by atoms with Crippen LogP contribution in [0.4, 0.5) is 8.78 Å². The van der Waals surface area contributed by atoms with Gasteiger partial charge >= 0.3 is 0 Å². The highest BCUT2D eigenvalue weighted by Crippen LogP contribution is 2.24. The number of aromatic nitrogens is 2. The third-order valence-corrected chi connectivity index (χ3v) is 2.47. The van der Waals surface area contributed by atoms with E-state index in [0.29, 0.717) is 5.56 Å². The van der Waals surface area contributed by atoms with Gasteiger partial charge in [0.25, 0.3) is 0 Å². The fourth-order valence-corrected chi connectivity index (χ4v) is 1.58. The van der Waals surface area contributed by atoms with Gasteiger partial charge in [0.15, 0.2) is 10.6 Å². The maximum Gasteiger partial charge on any atom is 0.197 e. The molecule has 0 saturated carbocycles. The summed E-state index contributed by atoms with van der Waals surface area (Å²) in [7, 11) is 0. The van der Waals surface area contributed by atoms with Crippen LogP contribution in [0.2, 0.25) is 5.02 Å². The monoisotopic (exact) mass is 258 g/mol.